The van der Waals surface area contributed by atoms with Crippen LogP contribution >= 0.6 is 0 Å². The molecule has 1 heterocycles. The number of furan rings is 1. The minimum atomic E-state index is -1.52. The van der Waals surface area contributed by atoms with Crippen molar-refractivity contribution in [3.63, 3.8) is 0 Å². The van der Waals surface area contributed by atoms with Gasteiger partial charge in [-0.2, -0.15) is 5.06 Å². The summed E-state index contributed by atoms with van der Waals surface area (Å²) in [5.74, 6) is -5.55. The minimum absolute atomic E-state index is 0.0499. The summed E-state index contributed by atoms with van der Waals surface area (Å²) < 4.78 is 28.2. The molecule has 3 atom stereocenters. The molecule has 0 unspecified atom stereocenters. The number of esters is 3. The van der Waals surface area contributed by atoms with Gasteiger partial charge in [0.25, 0.3) is 11.8 Å². The number of hydrogen-bond donors (Lipinski definition) is 4. The molecule has 0 aliphatic heterocycles. The van der Waals surface area contributed by atoms with E-state index < -0.39 is 78.3 Å². The van der Waals surface area contributed by atoms with E-state index in [4.69, 9.17) is 28.2 Å². The number of carbonyl (C=O) groups is 8. The zero-order valence-corrected chi connectivity index (χ0v) is 45.2. The summed E-state index contributed by atoms with van der Waals surface area (Å²) in [6.45, 7) is 6.09. The van der Waals surface area contributed by atoms with E-state index in [1.165, 1.54) is 30.3 Å². The summed E-state index contributed by atoms with van der Waals surface area (Å²) in [6, 6.07) is 40.6. The van der Waals surface area contributed by atoms with Gasteiger partial charge in [0.05, 0.1) is 36.2 Å². The molecular formula is C61H67N5O14. The molecule has 0 aliphatic rings. The zero-order valence-electron chi connectivity index (χ0n) is 45.2. The minimum Gasteiger partial charge on any atom is -0.481 e. The van der Waals surface area contributed by atoms with Crippen molar-refractivity contribution >= 4 is 48.1 Å². The molecule has 1 aromatic heterocycles. The zero-order chi connectivity index (χ0) is 57.3. The Kier molecular flexibility index (Phi) is 23.0. The van der Waals surface area contributed by atoms with Crippen LogP contribution < -0.4 is 26.0 Å². The molecule has 0 saturated carbocycles. The number of hydrogen-bond acceptors (Lipinski definition) is 14. The molecule has 0 fully saturated rings. The van der Waals surface area contributed by atoms with Crippen molar-refractivity contribution in [1.82, 2.24) is 26.3 Å². The van der Waals surface area contributed by atoms with Gasteiger partial charge in [-0.05, 0) is 73.2 Å². The lowest BCUT2D eigenvalue weighted by Gasteiger charge is -2.33. The summed E-state index contributed by atoms with van der Waals surface area (Å²) in [4.78, 5) is 112. The van der Waals surface area contributed by atoms with E-state index in [2.05, 4.69) is 21.3 Å². The van der Waals surface area contributed by atoms with Crippen LogP contribution in [0.5, 0.6) is 5.75 Å². The van der Waals surface area contributed by atoms with E-state index in [-0.39, 0.29) is 55.7 Å². The number of benzene rings is 5. The Hall–Kier alpha value is -9.26. The number of nitrogens with one attached hydrogen (secondary N) is 4. The van der Waals surface area contributed by atoms with Crippen LogP contribution in [0.3, 0.4) is 0 Å². The first-order valence-corrected chi connectivity index (χ1v) is 26.3. The van der Waals surface area contributed by atoms with Gasteiger partial charge in [-0.3, -0.25) is 24.0 Å². The monoisotopic (exact) mass is 1090 g/mol. The highest BCUT2D eigenvalue weighted by atomic mass is 16.7. The molecule has 80 heavy (non-hydrogen) atoms. The van der Waals surface area contributed by atoms with Crippen LogP contribution in [-0.4, -0.2) is 78.6 Å². The molecule has 19 nitrogen and oxygen atoms in total. The number of ether oxygens (including phenoxy) is 4. The largest absolute Gasteiger partial charge is 0.481 e. The highest BCUT2D eigenvalue weighted by molar-refractivity contribution is 6.00. The van der Waals surface area contributed by atoms with Crippen LogP contribution in [-0.2, 0) is 68.4 Å². The maximum Gasteiger partial charge on any atom is 0.432 e. The Labute approximate surface area is 464 Å². The van der Waals surface area contributed by atoms with Gasteiger partial charge in [-0.15, -0.1) is 0 Å². The Morgan fingerprint density at radius 2 is 1.25 bits per heavy atom. The van der Waals surface area contributed by atoms with Gasteiger partial charge in [0.2, 0.25) is 12.3 Å². The molecule has 0 saturated heterocycles. The molecule has 5 aromatic carbocycles. The number of rotatable bonds is 30. The van der Waals surface area contributed by atoms with Crippen LogP contribution in [0.1, 0.15) is 109 Å². The first-order chi connectivity index (χ1) is 38.7. The van der Waals surface area contributed by atoms with Crippen LogP contribution in [0.25, 0.3) is 11.3 Å². The summed E-state index contributed by atoms with van der Waals surface area (Å²) in [6.07, 6.45) is 1.81. The average Bonchev–Trinajstić information content (AvgIpc) is 3.98. The molecular weight excluding hydrogens is 1030 g/mol. The van der Waals surface area contributed by atoms with Crippen molar-refractivity contribution in [2.75, 3.05) is 13.3 Å². The molecule has 0 bridgehead atoms. The lowest BCUT2D eigenvalue weighted by molar-refractivity contribution is -0.169. The van der Waals surface area contributed by atoms with Crippen molar-refractivity contribution in [2.24, 2.45) is 5.92 Å². The van der Waals surface area contributed by atoms with Gasteiger partial charge in [0.15, 0.2) is 12.4 Å². The van der Waals surface area contributed by atoms with E-state index in [0.717, 1.165) is 29.0 Å². The number of unbranched alkanes of at least 4 members (excludes halogenated alkanes) is 2. The number of nitrogens with zero attached hydrogens (tertiary/aromatic N) is 1. The number of amides is 5. The molecule has 0 spiro atoms. The molecule has 6 rings (SSSR count). The normalized spacial score (nSPS) is 12.1. The van der Waals surface area contributed by atoms with Gasteiger partial charge < -0.3 is 49.5 Å². The maximum absolute atomic E-state index is 14.2. The number of carbonyl (C=O) groups excluding carboxylic acids is 8. The third kappa shape index (κ3) is 18.5. The maximum atomic E-state index is 14.2. The van der Waals surface area contributed by atoms with Crippen molar-refractivity contribution in [2.45, 2.75) is 104 Å². The van der Waals surface area contributed by atoms with Gasteiger partial charge in [0, 0.05) is 5.56 Å². The fourth-order valence-corrected chi connectivity index (χ4v) is 8.39. The molecule has 0 aliphatic carbocycles. The second kappa shape index (κ2) is 30.6. The van der Waals surface area contributed by atoms with Gasteiger partial charge >= 0.3 is 24.0 Å². The van der Waals surface area contributed by atoms with E-state index >= 15 is 0 Å². The van der Waals surface area contributed by atoms with Gasteiger partial charge in [0.1, 0.15) is 37.4 Å². The first kappa shape index (κ1) is 60.0. The van der Waals surface area contributed by atoms with Crippen molar-refractivity contribution in [1.29, 1.82) is 0 Å². The summed E-state index contributed by atoms with van der Waals surface area (Å²) in [5.41, 5.74) is 2.20. The highest BCUT2D eigenvalue weighted by Crippen LogP contribution is 2.30. The summed E-state index contributed by atoms with van der Waals surface area (Å²) in [7, 11) is 0. The SMILES string of the molecule is CCCCC[C@@H](C(=O)NCNC(=O)c1ccc(-c2ccc(C(=O)N[C@@H](CC(=O)OCc3ccccc3)C(=O)OCc3ccccc3)c(OCC(=O)OCc3ccccc3)c2)o1)[C@@H](CC)N(C=O)OC(=O)NC(C)(C)c1ccccc1. The fraction of sp³-hybridized carbons (Fsp3) is 0.311. The third-order valence-corrected chi connectivity index (χ3v) is 12.7. The molecule has 4 N–H and O–H groups in total. The standard InChI is InChI=1S/C61H67N5O14/c1-5-7-12-29-47(50(6-2)66(41-67)80-60(74)65-61(3,4)46-27-19-11-20-28-46)56(70)62-40-63-58(72)52-33-32-51(79-52)45-30-31-48(53(34-45)75-39-55(69)77-37-43-23-15-9-16-24-43)57(71)64-49(59(73)78-38-44-25-17-10-18-26-44)35-54(68)76-36-42-21-13-8-14-22-42/h8-11,13-28,30-34,41,47,49-50H,5-7,12,29,35-40H2,1-4H3,(H,62,70)(H,63,72)(H,64,71)(H,65,74)/t47-,49+,50-/m1/s1. The molecule has 420 valence electrons. The predicted molar refractivity (Wildman–Crippen MR) is 293 cm³/mol. The number of hydroxylamine groups is 2. The Balaban J connectivity index is 1.15. The summed E-state index contributed by atoms with van der Waals surface area (Å²) >= 11 is 0. The van der Waals surface area contributed by atoms with E-state index in [1.54, 1.807) is 99.6 Å². The van der Waals surface area contributed by atoms with Gasteiger partial charge in [-0.25, -0.2) is 14.4 Å². The van der Waals surface area contributed by atoms with Crippen molar-refractivity contribution < 1.29 is 66.6 Å². The Bertz CT molecular complexity index is 2990. The first-order valence-electron chi connectivity index (χ1n) is 26.3. The predicted octanol–water partition coefficient (Wildman–Crippen LogP) is 8.86. The second-order valence-electron chi connectivity index (χ2n) is 19.0. The lowest BCUT2D eigenvalue weighted by Crippen LogP contribution is -2.51. The second-order valence-corrected chi connectivity index (χ2v) is 19.0. The average molecular weight is 1090 g/mol. The molecule has 19 heteroatoms. The molecule has 5 amide bonds. The topological polar surface area (TPSA) is 247 Å². The van der Waals surface area contributed by atoms with Crippen molar-refractivity contribution in [3.8, 4) is 17.1 Å². The fourth-order valence-electron chi connectivity index (χ4n) is 8.39. The van der Waals surface area contributed by atoms with E-state index in [1.807, 2.05) is 49.4 Å². The van der Waals surface area contributed by atoms with E-state index in [0.29, 0.717) is 35.9 Å². The Morgan fingerprint density at radius 3 is 1.84 bits per heavy atom. The molecule has 0 radical (unpaired) electrons. The quantitative estimate of drug-likeness (QED) is 0.00822. The van der Waals surface area contributed by atoms with E-state index in [9.17, 15) is 38.4 Å². The lowest BCUT2D eigenvalue weighted by atomic mass is 9.90. The van der Waals surface area contributed by atoms with Gasteiger partial charge in [-0.1, -0.05) is 161 Å². The smallest absolute Gasteiger partial charge is 0.432 e. The van der Waals surface area contributed by atoms with Crippen LogP contribution in [0.15, 0.2) is 156 Å². The van der Waals surface area contributed by atoms with Crippen molar-refractivity contribution in [3.05, 3.63) is 185 Å². The third-order valence-electron chi connectivity index (χ3n) is 12.7. The highest BCUT2D eigenvalue weighted by Gasteiger charge is 2.35. The molecule has 6 aromatic rings. The Morgan fingerprint density at radius 1 is 0.662 bits per heavy atom. The van der Waals surface area contributed by atoms with Crippen LogP contribution in [0.2, 0.25) is 0 Å². The van der Waals surface area contributed by atoms with Crippen LogP contribution in [0, 0.1) is 5.92 Å². The summed E-state index contributed by atoms with van der Waals surface area (Å²) in [5, 5.41) is 11.6. The van der Waals surface area contributed by atoms with Crippen LogP contribution in [0.4, 0.5) is 4.79 Å².